The Morgan fingerprint density at radius 2 is 0.714 bits per heavy atom. The maximum absolute atomic E-state index is 2.35. The zero-order valence-electron chi connectivity index (χ0n) is 12.6. The van der Waals surface area contributed by atoms with Gasteiger partial charge in [0.05, 0.1) is 0 Å². The first kappa shape index (κ1) is 23.7. The van der Waals surface area contributed by atoms with Crippen molar-refractivity contribution in [2.24, 2.45) is 5.41 Å². The van der Waals surface area contributed by atoms with Gasteiger partial charge in [-0.05, 0) is 5.41 Å². The van der Waals surface area contributed by atoms with Crippen LogP contribution in [-0.4, -0.2) is 0 Å². The molecule has 0 saturated carbocycles. The molecular formula is C14H36. The van der Waals surface area contributed by atoms with Crippen LogP contribution in [-0.2, 0) is 0 Å². The van der Waals surface area contributed by atoms with E-state index in [9.17, 15) is 0 Å². The van der Waals surface area contributed by atoms with Crippen LogP contribution in [0.2, 0.25) is 0 Å². The average molecular weight is 204 g/mol. The third-order valence-corrected chi connectivity index (χ3v) is 2.56. The molecule has 0 fully saturated rings. The molecule has 0 bridgehead atoms. The van der Waals surface area contributed by atoms with Crippen molar-refractivity contribution in [2.45, 2.75) is 88.5 Å². The van der Waals surface area contributed by atoms with Gasteiger partial charge in [-0.25, -0.2) is 0 Å². The van der Waals surface area contributed by atoms with Crippen LogP contribution in [0.25, 0.3) is 0 Å². The van der Waals surface area contributed by atoms with Crippen LogP contribution in [0.1, 0.15) is 88.5 Å². The highest BCUT2D eigenvalue weighted by atomic mass is 14.2. The van der Waals surface area contributed by atoms with Crippen LogP contribution < -0.4 is 0 Å². The summed E-state index contributed by atoms with van der Waals surface area (Å²) in [6.07, 6.45) is 3.96. The van der Waals surface area contributed by atoms with Gasteiger partial charge in [-0.2, -0.15) is 0 Å². The molecule has 92 valence electrons. The summed E-state index contributed by atoms with van der Waals surface area (Å²) in [6, 6.07) is 0. The van der Waals surface area contributed by atoms with Crippen LogP contribution in [0.5, 0.6) is 0 Å². The fourth-order valence-corrected chi connectivity index (χ4v) is 0.750. The molecule has 0 aromatic heterocycles. The van der Waals surface area contributed by atoms with Crippen LogP contribution in [0.3, 0.4) is 0 Å². The molecule has 0 heterocycles. The molecule has 0 aliphatic carbocycles. The Balaban J connectivity index is -0.0000000708. The fraction of sp³-hybridized carbons (Fsp3) is 1.00. The third kappa shape index (κ3) is 17.9. The molecule has 0 unspecified atom stereocenters. The van der Waals surface area contributed by atoms with E-state index in [0.717, 1.165) is 0 Å². The first-order valence-electron chi connectivity index (χ1n) is 6.68. The lowest BCUT2D eigenvalue weighted by Gasteiger charge is -2.23. The highest BCUT2D eigenvalue weighted by Gasteiger charge is 2.15. The van der Waals surface area contributed by atoms with Crippen molar-refractivity contribution in [3.63, 3.8) is 0 Å². The van der Waals surface area contributed by atoms with E-state index >= 15 is 0 Å². The summed E-state index contributed by atoms with van der Waals surface area (Å²) in [5.74, 6) is 0. The van der Waals surface area contributed by atoms with Gasteiger partial charge in [0.2, 0.25) is 0 Å². The smallest absolute Gasteiger partial charge is 0.0334 e. The Morgan fingerprint density at radius 3 is 0.714 bits per heavy atom. The molecule has 0 amide bonds. The molecule has 0 radical (unpaired) electrons. The summed E-state index contributed by atoms with van der Waals surface area (Å²) in [6.45, 7) is 21.2. The van der Waals surface area contributed by atoms with Gasteiger partial charge >= 0.3 is 0 Å². The zero-order chi connectivity index (χ0) is 12.6. The van der Waals surface area contributed by atoms with Gasteiger partial charge < -0.3 is 0 Å². The molecule has 0 heteroatoms. The molecule has 0 aliphatic heterocycles. The lowest BCUT2D eigenvalue weighted by Crippen LogP contribution is -2.10. The molecule has 0 aliphatic rings. The van der Waals surface area contributed by atoms with E-state index in [1.807, 2.05) is 41.5 Å². The molecule has 0 aromatic carbocycles. The Kier molecular flexibility index (Phi) is 39.1. The lowest BCUT2D eigenvalue weighted by atomic mass is 9.82. The molecule has 0 N–H and O–H groups in total. The molecule has 0 aromatic rings. The number of hydrogen-bond acceptors (Lipinski definition) is 0. The molecule has 0 atom stereocenters. The summed E-state index contributed by atoms with van der Waals surface area (Å²) in [4.78, 5) is 0. The van der Waals surface area contributed by atoms with Crippen molar-refractivity contribution in [1.82, 2.24) is 0 Å². The third-order valence-electron chi connectivity index (χ3n) is 2.56. The van der Waals surface area contributed by atoms with Crippen molar-refractivity contribution < 1.29 is 0 Å². The minimum Gasteiger partial charge on any atom is -0.0683 e. The van der Waals surface area contributed by atoms with Crippen molar-refractivity contribution >= 4 is 0 Å². The van der Waals surface area contributed by atoms with E-state index < -0.39 is 0 Å². The summed E-state index contributed by atoms with van der Waals surface area (Å²) in [5, 5.41) is 0. The van der Waals surface area contributed by atoms with Crippen molar-refractivity contribution in [3.8, 4) is 0 Å². The molecule has 0 saturated heterocycles. The maximum atomic E-state index is 2.35. The van der Waals surface area contributed by atoms with E-state index in [1.54, 1.807) is 0 Å². The summed E-state index contributed by atoms with van der Waals surface area (Å²) in [7, 11) is 0. The number of hydrogen-bond donors (Lipinski definition) is 0. The Hall–Kier alpha value is 0. The van der Waals surface area contributed by atoms with Gasteiger partial charge in [0.15, 0.2) is 0 Å². The van der Waals surface area contributed by atoms with Crippen LogP contribution in [0, 0.1) is 5.41 Å². The Labute approximate surface area is 94.5 Å². The zero-order valence-corrected chi connectivity index (χ0v) is 12.6. The van der Waals surface area contributed by atoms with Crippen molar-refractivity contribution in [2.75, 3.05) is 0 Å². The quantitative estimate of drug-likeness (QED) is 0.506. The minimum absolute atomic E-state index is 0.625. The standard InChI is InChI=1S/C8H18.3C2H6/c1-5-8(4,6-2)7-3;3*1-2/h5-7H2,1-4H3;3*1-2H3. The van der Waals surface area contributed by atoms with E-state index in [4.69, 9.17) is 0 Å². The molecule has 0 spiro atoms. The van der Waals surface area contributed by atoms with Gasteiger partial charge in [-0.1, -0.05) is 88.5 Å². The largest absolute Gasteiger partial charge is 0.0683 e. The van der Waals surface area contributed by atoms with E-state index in [1.165, 1.54) is 19.3 Å². The van der Waals surface area contributed by atoms with Crippen molar-refractivity contribution in [1.29, 1.82) is 0 Å². The normalized spacial score (nSPS) is 8.14. The van der Waals surface area contributed by atoms with Gasteiger partial charge in [0, 0.05) is 0 Å². The monoisotopic (exact) mass is 204 g/mol. The molecule has 0 nitrogen and oxygen atoms in total. The average Bonchev–Trinajstić information content (AvgIpc) is 2.35. The minimum atomic E-state index is 0.625. The summed E-state index contributed by atoms with van der Waals surface area (Å²) in [5.41, 5.74) is 0.625. The van der Waals surface area contributed by atoms with Gasteiger partial charge in [-0.15, -0.1) is 0 Å². The first-order chi connectivity index (χ1) is 6.68. The highest BCUT2D eigenvalue weighted by molar-refractivity contribution is 4.67. The van der Waals surface area contributed by atoms with Crippen LogP contribution >= 0.6 is 0 Å². The lowest BCUT2D eigenvalue weighted by molar-refractivity contribution is 0.286. The van der Waals surface area contributed by atoms with E-state index in [0.29, 0.717) is 5.41 Å². The van der Waals surface area contributed by atoms with Gasteiger partial charge in [0.1, 0.15) is 0 Å². The van der Waals surface area contributed by atoms with Crippen LogP contribution in [0.15, 0.2) is 0 Å². The van der Waals surface area contributed by atoms with E-state index in [2.05, 4.69) is 27.7 Å². The maximum Gasteiger partial charge on any atom is -0.0334 e. The van der Waals surface area contributed by atoms with Crippen LogP contribution in [0.4, 0.5) is 0 Å². The summed E-state index contributed by atoms with van der Waals surface area (Å²) >= 11 is 0. The van der Waals surface area contributed by atoms with Crippen molar-refractivity contribution in [3.05, 3.63) is 0 Å². The predicted octanol–water partition coefficient (Wildman–Crippen LogP) is 6.30. The Morgan fingerprint density at radius 1 is 0.571 bits per heavy atom. The molecule has 14 heavy (non-hydrogen) atoms. The molecule has 0 rings (SSSR count). The SMILES string of the molecule is CC.CC.CC.CCC(C)(CC)CC. The second-order valence-electron chi connectivity index (χ2n) is 2.87. The van der Waals surface area contributed by atoms with Gasteiger partial charge in [0.25, 0.3) is 0 Å². The highest BCUT2D eigenvalue weighted by Crippen LogP contribution is 2.28. The second-order valence-corrected chi connectivity index (χ2v) is 2.87. The predicted molar refractivity (Wildman–Crippen MR) is 73.0 cm³/mol. The summed E-state index contributed by atoms with van der Waals surface area (Å²) < 4.78 is 0. The van der Waals surface area contributed by atoms with Gasteiger partial charge in [-0.3, -0.25) is 0 Å². The Bertz CT molecular complexity index is 42.8. The first-order valence-corrected chi connectivity index (χ1v) is 6.68. The van der Waals surface area contributed by atoms with E-state index in [-0.39, 0.29) is 0 Å². The number of rotatable bonds is 3. The fourth-order valence-electron chi connectivity index (χ4n) is 0.750. The topological polar surface area (TPSA) is 0 Å². The second kappa shape index (κ2) is 23.1. The molecular weight excluding hydrogens is 168 g/mol.